The third-order valence-corrected chi connectivity index (χ3v) is 4.56. The van der Waals surface area contributed by atoms with Crippen molar-refractivity contribution in [1.29, 1.82) is 0 Å². The number of amides is 1. The number of aromatic carboxylic acids is 1. The zero-order valence-corrected chi connectivity index (χ0v) is 14.2. The maximum Gasteiger partial charge on any atom is 0.335 e. The number of nitrogens with zero attached hydrogens (tertiary/aromatic N) is 1. The molecule has 0 aromatic heterocycles. The van der Waals surface area contributed by atoms with E-state index in [4.69, 9.17) is 5.11 Å². The minimum absolute atomic E-state index is 0.122. The molecule has 0 radical (unpaired) electrons. The first-order chi connectivity index (χ1) is 12.0. The van der Waals surface area contributed by atoms with Gasteiger partial charge < -0.3 is 15.3 Å². The van der Waals surface area contributed by atoms with Crippen molar-refractivity contribution in [2.24, 2.45) is 0 Å². The van der Waals surface area contributed by atoms with Crippen LogP contribution in [0, 0.1) is 0 Å². The molecule has 2 aromatic carbocycles. The van der Waals surface area contributed by atoms with Gasteiger partial charge in [0.05, 0.1) is 5.56 Å². The van der Waals surface area contributed by atoms with E-state index in [1.54, 1.807) is 18.2 Å². The maximum absolute atomic E-state index is 11.8. The maximum atomic E-state index is 11.8. The number of nitrogens with one attached hydrogen (secondary N) is 1. The number of anilines is 1. The van der Waals surface area contributed by atoms with Crippen LogP contribution in [0.4, 0.5) is 5.69 Å². The summed E-state index contributed by atoms with van der Waals surface area (Å²) < 4.78 is 0. The Morgan fingerprint density at radius 3 is 2.64 bits per heavy atom. The first kappa shape index (κ1) is 17.2. The zero-order valence-electron chi connectivity index (χ0n) is 14.2. The van der Waals surface area contributed by atoms with Crippen LogP contribution >= 0.6 is 0 Å². The summed E-state index contributed by atoms with van der Waals surface area (Å²) >= 11 is 0. The van der Waals surface area contributed by atoms with E-state index in [-0.39, 0.29) is 11.9 Å². The molecule has 1 heterocycles. The summed E-state index contributed by atoms with van der Waals surface area (Å²) in [6.45, 7) is 3.46. The molecule has 0 spiro atoms. The van der Waals surface area contributed by atoms with E-state index in [9.17, 15) is 9.59 Å². The van der Waals surface area contributed by atoms with E-state index in [1.807, 2.05) is 35.2 Å². The van der Waals surface area contributed by atoms with Crippen molar-refractivity contribution in [3.63, 3.8) is 0 Å². The Bertz CT molecular complexity index is 771. The lowest BCUT2D eigenvalue weighted by molar-refractivity contribution is -0.117. The molecule has 130 valence electrons. The highest BCUT2D eigenvalue weighted by molar-refractivity contribution is 5.95. The van der Waals surface area contributed by atoms with Gasteiger partial charge in [-0.15, -0.1) is 0 Å². The predicted octanol–water partition coefficient (Wildman–Crippen LogP) is 3.36. The molecule has 2 N–H and O–H groups in total. The van der Waals surface area contributed by atoms with Gasteiger partial charge in [-0.2, -0.15) is 0 Å². The van der Waals surface area contributed by atoms with Crippen molar-refractivity contribution >= 4 is 17.6 Å². The minimum Gasteiger partial charge on any atom is -0.478 e. The van der Waals surface area contributed by atoms with Crippen LogP contribution in [0.25, 0.3) is 0 Å². The molecule has 1 aliphatic heterocycles. The standard InChI is InChI=1S/C20H22N2O3/c1-14(21-13-15-4-2-5-17(12-15)20(24)25)16-7-9-18(10-8-16)22-11-3-6-19(22)23/h2,4-5,7-10,12,14,21H,3,6,11,13H2,1H3,(H,24,25). The van der Waals surface area contributed by atoms with Gasteiger partial charge in [-0.3, -0.25) is 4.79 Å². The molecule has 5 heteroatoms. The lowest BCUT2D eigenvalue weighted by Gasteiger charge is -2.18. The molecule has 5 nitrogen and oxygen atoms in total. The fourth-order valence-corrected chi connectivity index (χ4v) is 3.07. The SMILES string of the molecule is CC(NCc1cccc(C(=O)O)c1)c1ccc(N2CCCC2=O)cc1. The van der Waals surface area contributed by atoms with Crippen molar-refractivity contribution in [3.05, 3.63) is 65.2 Å². The van der Waals surface area contributed by atoms with E-state index in [1.165, 1.54) is 0 Å². The molecular weight excluding hydrogens is 316 g/mol. The Balaban J connectivity index is 1.61. The number of carbonyl (C=O) groups is 2. The topological polar surface area (TPSA) is 69.6 Å². The van der Waals surface area contributed by atoms with Gasteiger partial charge in [0.1, 0.15) is 0 Å². The monoisotopic (exact) mass is 338 g/mol. The van der Waals surface area contributed by atoms with Crippen molar-refractivity contribution in [3.8, 4) is 0 Å². The van der Waals surface area contributed by atoms with Crippen molar-refractivity contribution in [1.82, 2.24) is 5.32 Å². The van der Waals surface area contributed by atoms with Gasteiger partial charge in [-0.05, 0) is 48.7 Å². The van der Waals surface area contributed by atoms with E-state index < -0.39 is 5.97 Å². The second-order valence-electron chi connectivity index (χ2n) is 6.35. The predicted molar refractivity (Wildman–Crippen MR) is 96.7 cm³/mol. The van der Waals surface area contributed by atoms with Crippen LogP contribution in [-0.4, -0.2) is 23.5 Å². The average Bonchev–Trinajstić information content (AvgIpc) is 3.06. The molecule has 25 heavy (non-hydrogen) atoms. The number of hydrogen-bond donors (Lipinski definition) is 2. The second-order valence-corrected chi connectivity index (χ2v) is 6.35. The quantitative estimate of drug-likeness (QED) is 0.847. The molecule has 2 aromatic rings. The molecule has 0 aliphatic carbocycles. The third-order valence-electron chi connectivity index (χ3n) is 4.56. The lowest BCUT2D eigenvalue weighted by Crippen LogP contribution is -2.23. The number of benzene rings is 2. The summed E-state index contributed by atoms with van der Waals surface area (Å²) in [6.07, 6.45) is 1.56. The minimum atomic E-state index is -0.915. The van der Waals surface area contributed by atoms with Crippen LogP contribution in [0.1, 0.15) is 47.3 Å². The van der Waals surface area contributed by atoms with Crippen LogP contribution in [0.15, 0.2) is 48.5 Å². The van der Waals surface area contributed by atoms with Gasteiger partial charge in [0, 0.05) is 31.2 Å². The molecule has 0 saturated carbocycles. The average molecular weight is 338 g/mol. The Hall–Kier alpha value is -2.66. The zero-order chi connectivity index (χ0) is 17.8. The van der Waals surface area contributed by atoms with Crippen molar-refractivity contribution < 1.29 is 14.7 Å². The number of carboxylic acids is 1. The summed E-state index contributed by atoms with van der Waals surface area (Å²) in [4.78, 5) is 24.7. The highest BCUT2D eigenvalue weighted by atomic mass is 16.4. The molecule has 1 atom stereocenters. The van der Waals surface area contributed by atoms with E-state index in [0.717, 1.165) is 29.8 Å². The van der Waals surface area contributed by atoms with Crippen LogP contribution in [0.2, 0.25) is 0 Å². The van der Waals surface area contributed by atoms with Gasteiger partial charge in [0.2, 0.25) is 5.91 Å². The molecular formula is C20H22N2O3. The van der Waals surface area contributed by atoms with Crippen LogP contribution in [0.3, 0.4) is 0 Å². The molecule has 1 fully saturated rings. The molecule has 1 unspecified atom stereocenters. The summed E-state index contributed by atoms with van der Waals surface area (Å²) in [6, 6.07) is 15.1. The van der Waals surface area contributed by atoms with Gasteiger partial charge in [-0.25, -0.2) is 4.79 Å². The van der Waals surface area contributed by atoms with Crippen molar-refractivity contribution in [2.75, 3.05) is 11.4 Å². The molecule has 1 amide bonds. The normalized spacial score (nSPS) is 15.4. The Morgan fingerprint density at radius 2 is 2.00 bits per heavy atom. The van der Waals surface area contributed by atoms with Gasteiger partial charge in [0.25, 0.3) is 0 Å². The molecule has 1 aliphatic rings. The summed E-state index contributed by atoms with van der Waals surface area (Å²) in [5.41, 5.74) is 3.31. The van der Waals surface area contributed by atoms with E-state index in [2.05, 4.69) is 12.2 Å². The van der Waals surface area contributed by atoms with E-state index >= 15 is 0 Å². The first-order valence-corrected chi connectivity index (χ1v) is 8.50. The fourth-order valence-electron chi connectivity index (χ4n) is 3.07. The number of carbonyl (C=O) groups excluding carboxylic acids is 1. The summed E-state index contributed by atoms with van der Waals surface area (Å²) in [5, 5.41) is 12.5. The number of rotatable bonds is 6. The Morgan fingerprint density at radius 1 is 1.24 bits per heavy atom. The number of carboxylic acid groups (broad SMARTS) is 1. The third kappa shape index (κ3) is 4.06. The van der Waals surface area contributed by atoms with E-state index in [0.29, 0.717) is 18.5 Å². The largest absolute Gasteiger partial charge is 0.478 e. The van der Waals surface area contributed by atoms with Crippen LogP contribution < -0.4 is 10.2 Å². The second kappa shape index (κ2) is 7.49. The summed E-state index contributed by atoms with van der Waals surface area (Å²) in [7, 11) is 0. The molecule has 1 saturated heterocycles. The molecule has 3 rings (SSSR count). The molecule has 0 bridgehead atoms. The lowest BCUT2D eigenvalue weighted by atomic mass is 10.1. The highest BCUT2D eigenvalue weighted by Gasteiger charge is 2.21. The first-order valence-electron chi connectivity index (χ1n) is 8.50. The number of hydrogen-bond acceptors (Lipinski definition) is 3. The van der Waals surface area contributed by atoms with Gasteiger partial charge in [0.15, 0.2) is 0 Å². The Kier molecular flexibility index (Phi) is 5.14. The van der Waals surface area contributed by atoms with Crippen LogP contribution in [-0.2, 0) is 11.3 Å². The Labute approximate surface area is 147 Å². The smallest absolute Gasteiger partial charge is 0.335 e. The van der Waals surface area contributed by atoms with Crippen LogP contribution in [0.5, 0.6) is 0 Å². The summed E-state index contributed by atoms with van der Waals surface area (Å²) in [5.74, 6) is -0.723. The van der Waals surface area contributed by atoms with Gasteiger partial charge in [-0.1, -0.05) is 24.3 Å². The highest BCUT2D eigenvalue weighted by Crippen LogP contribution is 2.23. The fraction of sp³-hybridized carbons (Fsp3) is 0.300. The van der Waals surface area contributed by atoms with Crippen molar-refractivity contribution in [2.45, 2.75) is 32.4 Å². The van der Waals surface area contributed by atoms with Gasteiger partial charge >= 0.3 is 5.97 Å².